The number of hydrogen-bond donors (Lipinski definition) is 3. The van der Waals surface area contributed by atoms with Gasteiger partial charge in [-0.25, -0.2) is 0 Å². The second kappa shape index (κ2) is 5.16. The maximum atomic E-state index is 12.8. The molecule has 0 radical (unpaired) electrons. The number of phenolic OH excluding ortho intramolecular Hbond substituents is 2. The fourth-order valence-electron chi connectivity index (χ4n) is 4.40. The van der Waals surface area contributed by atoms with E-state index in [-0.39, 0.29) is 52.1 Å². The predicted molar refractivity (Wildman–Crippen MR) is 89.6 cm³/mol. The maximum absolute atomic E-state index is 12.8. The Morgan fingerprint density at radius 3 is 2.54 bits per heavy atom. The summed E-state index contributed by atoms with van der Waals surface area (Å²) in [4.78, 5) is 25.1. The Morgan fingerprint density at radius 1 is 0.962 bits per heavy atom. The van der Waals surface area contributed by atoms with Gasteiger partial charge < -0.3 is 20.1 Å². The molecule has 3 aliphatic rings. The van der Waals surface area contributed by atoms with Crippen molar-refractivity contribution >= 4 is 11.6 Å². The standard InChI is InChI=1S/C20H16O6/c21-11-3-1-2-9-8(4-6-12(22)14(9)11)10-5-7-13(23)16-15(10)17(24)19-20(26-19)18(16)25/h1-3,5,7-8,18-21,23,25H,4,6H2/t8-,18-,19+,20-/m0/s1. The number of carbonyl (C=O) groups is 2. The highest BCUT2D eigenvalue weighted by Gasteiger charge is 2.56. The highest BCUT2D eigenvalue weighted by Crippen LogP contribution is 2.50. The number of hydrogen-bond acceptors (Lipinski definition) is 6. The van der Waals surface area contributed by atoms with Crippen LogP contribution in [0.4, 0.5) is 0 Å². The summed E-state index contributed by atoms with van der Waals surface area (Å²) in [6.07, 6.45) is -1.58. The van der Waals surface area contributed by atoms with E-state index in [9.17, 15) is 24.9 Å². The van der Waals surface area contributed by atoms with Crippen molar-refractivity contribution in [3.63, 3.8) is 0 Å². The maximum Gasteiger partial charge on any atom is 0.195 e. The minimum atomic E-state index is -1.05. The molecule has 0 saturated carbocycles. The highest BCUT2D eigenvalue weighted by atomic mass is 16.6. The van der Waals surface area contributed by atoms with Crippen LogP contribution in [0.25, 0.3) is 0 Å². The Morgan fingerprint density at radius 2 is 1.73 bits per heavy atom. The number of aliphatic hydroxyl groups is 1. The first-order chi connectivity index (χ1) is 12.5. The number of ether oxygens (including phenoxy) is 1. The van der Waals surface area contributed by atoms with E-state index in [2.05, 4.69) is 0 Å². The summed E-state index contributed by atoms with van der Waals surface area (Å²) in [5, 5.41) is 30.8. The molecule has 3 N–H and O–H groups in total. The molecule has 6 nitrogen and oxygen atoms in total. The summed E-state index contributed by atoms with van der Waals surface area (Å²) in [7, 11) is 0. The SMILES string of the molecule is O=C1CC[C@H](c2ccc(O)c3c2C(=O)[C@H]2O[C@H]2[C@H]3O)c2cccc(O)c21. The van der Waals surface area contributed by atoms with Crippen LogP contribution in [0.3, 0.4) is 0 Å². The Balaban J connectivity index is 1.74. The number of ketones is 2. The van der Waals surface area contributed by atoms with Crippen LogP contribution in [0.15, 0.2) is 30.3 Å². The molecular weight excluding hydrogens is 336 g/mol. The first kappa shape index (κ1) is 15.5. The van der Waals surface area contributed by atoms with Crippen molar-refractivity contribution in [3.8, 4) is 11.5 Å². The molecule has 0 aromatic heterocycles. The van der Waals surface area contributed by atoms with Gasteiger partial charge in [-0.2, -0.15) is 0 Å². The minimum absolute atomic E-state index is 0.0678. The number of carbonyl (C=O) groups excluding carboxylic acids is 2. The molecule has 0 unspecified atom stereocenters. The summed E-state index contributed by atoms with van der Waals surface area (Å²) in [5.41, 5.74) is 2.08. The van der Waals surface area contributed by atoms with Gasteiger partial charge in [0, 0.05) is 23.5 Å². The van der Waals surface area contributed by atoms with Gasteiger partial charge in [0.25, 0.3) is 0 Å². The second-order valence-electron chi connectivity index (χ2n) is 7.05. The van der Waals surface area contributed by atoms with Crippen LogP contribution in [0.2, 0.25) is 0 Å². The van der Waals surface area contributed by atoms with Crippen LogP contribution >= 0.6 is 0 Å². The molecule has 2 aliphatic carbocycles. The lowest BCUT2D eigenvalue weighted by atomic mass is 9.73. The van der Waals surface area contributed by atoms with Crippen LogP contribution in [0, 0.1) is 0 Å². The van der Waals surface area contributed by atoms with Crippen molar-refractivity contribution in [2.24, 2.45) is 0 Å². The van der Waals surface area contributed by atoms with Gasteiger partial charge >= 0.3 is 0 Å². The lowest BCUT2D eigenvalue weighted by Crippen LogP contribution is -2.28. The molecule has 2 aromatic rings. The molecule has 0 bridgehead atoms. The molecule has 0 spiro atoms. The Hall–Kier alpha value is -2.70. The van der Waals surface area contributed by atoms with Gasteiger partial charge in [-0.3, -0.25) is 9.59 Å². The third-order valence-corrected chi connectivity index (χ3v) is 5.66. The Bertz CT molecular complexity index is 979. The molecule has 0 amide bonds. The van der Waals surface area contributed by atoms with Crippen molar-refractivity contribution in [1.29, 1.82) is 0 Å². The molecule has 1 aliphatic heterocycles. The molecule has 1 heterocycles. The molecule has 26 heavy (non-hydrogen) atoms. The third-order valence-electron chi connectivity index (χ3n) is 5.66. The third kappa shape index (κ3) is 1.94. The summed E-state index contributed by atoms with van der Waals surface area (Å²) in [5.74, 6) is -0.863. The average molecular weight is 352 g/mol. The molecular formula is C20H16O6. The van der Waals surface area contributed by atoms with Crippen LogP contribution in [-0.2, 0) is 4.74 Å². The summed E-state index contributed by atoms with van der Waals surface area (Å²) in [6, 6.07) is 8.05. The van der Waals surface area contributed by atoms with E-state index in [1.807, 2.05) is 0 Å². The monoisotopic (exact) mass is 352 g/mol. The predicted octanol–water partition coefficient (Wildman–Crippen LogP) is 2.20. The van der Waals surface area contributed by atoms with Crippen LogP contribution in [0.5, 0.6) is 11.5 Å². The Kier molecular flexibility index (Phi) is 3.08. The zero-order valence-corrected chi connectivity index (χ0v) is 13.7. The van der Waals surface area contributed by atoms with Crippen LogP contribution in [0.1, 0.15) is 62.3 Å². The topological polar surface area (TPSA) is 107 Å². The van der Waals surface area contributed by atoms with E-state index in [4.69, 9.17) is 4.74 Å². The van der Waals surface area contributed by atoms with Crippen molar-refractivity contribution in [2.45, 2.75) is 37.1 Å². The molecule has 5 rings (SSSR count). The normalized spacial score (nSPS) is 29.0. The number of aromatic hydroxyl groups is 2. The fourth-order valence-corrected chi connectivity index (χ4v) is 4.40. The van der Waals surface area contributed by atoms with E-state index < -0.39 is 18.3 Å². The summed E-state index contributed by atoms with van der Waals surface area (Å²) >= 11 is 0. The van der Waals surface area contributed by atoms with Crippen molar-refractivity contribution in [2.75, 3.05) is 0 Å². The quantitative estimate of drug-likeness (QED) is 0.679. The minimum Gasteiger partial charge on any atom is -0.508 e. The van der Waals surface area contributed by atoms with Gasteiger partial charge in [-0.1, -0.05) is 18.2 Å². The first-order valence-electron chi connectivity index (χ1n) is 8.57. The van der Waals surface area contributed by atoms with Crippen molar-refractivity contribution in [1.82, 2.24) is 0 Å². The van der Waals surface area contributed by atoms with E-state index in [0.29, 0.717) is 17.5 Å². The van der Waals surface area contributed by atoms with Crippen LogP contribution in [-0.4, -0.2) is 39.1 Å². The van der Waals surface area contributed by atoms with Gasteiger partial charge in [0.2, 0.25) is 0 Å². The van der Waals surface area contributed by atoms with Gasteiger partial charge in [0.05, 0.1) is 5.56 Å². The van der Waals surface area contributed by atoms with E-state index in [1.54, 1.807) is 18.2 Å². The zero-order valence-electron chi connectivity index (χ0n) is 13.7. The van der Waals surface area contributed by atoms with Crippen molar-refractivity contribution < 1.29 is 29.6 Å². The first-order valence-corrected chi connectivity index (χ1v) is 8.57. The number of benzene rings is 2. The molecule has 1 fully saturated rings. The van der Waals surface area contributed by atoms with E-state index in [0.717, 1.165) is 0 Å². The summed E-state index contributed by atoms with van der Waals surface area (Å²) in [6.45, 7) is 0. The summed E-state index contributed by atoms with van der Waals surface area (Å²) < 4.78 is 5.28. The Labute approximate surface area is 148 Å². The largest absolute Gasteiger partial charge is 0.508 e. The molecule has 2 aromatic carbocycles. The van der Waals surface area contributed by atoms with E-state index >= 15 is 0 Å². The smallest absolute Gasteiger partial charge is 0.195 e. The van der Waals surface area contributed by atoms with Gasteiger partial charge in [0.15, 0.2) is 11.6 Å². The number of rotatable bonds is 1. The van der Waals surface area contributed by atoms with Gasteiger partial charge in [-0.15, -0.1) is 0 Å². The van der Waals surface area contributed by atoms with Crippen molar-refractivity contribution in [3.05, 3.63) is 58.1 Å². The lowest BCUT2D eigenvalue weighted by Gasteiger charge is -2.29. The molecule has 1 saturated heterocycles. The van der Waals surface area contributed by atoms with Gasteiger partial charge in [-0.05, 0) is 29.7 Å². The number of epoxide rings is 1. The molecule has 4 atom stereocenters. The number of fused-ring (bicyclic) bond motifs is 3. The average Bonchev–Trinajstić information content (AvgIpc) is 3.42. The lowest BCUT2D eigenvalue weighted by molar-refractivity contribution is 0.0937. The number of phenols is 2. The van der Waals surface area contributed by atoms with E-state index in [1.165, 1.54) is 12.1 Å². The number of aliphatic hydroxyl groups excluding tert-OH is 1. The fraction of sp³-hybridized carbons (Fsp3) is 0.300. The van der Waals surface area contributed by atoms with Crippen LogP contribution < -0.4 is 0 Å². The number of Topliss-reactive ketones (excluding diaryl/α,β-unsaturated/α-hetero) is 2. The van der Waals surface area contributed by atoms with Gasteiger partial charge in [0.1, 0.15) is 29.8 Å². The molecule has 6 heteroatoms. The second-order valence-corrected chi connectivity index (χ2v) is 7.05. The highest BCUT2D eigenvalue weighted by molar-refractivity contribution is 6.07. The molecule has 132 valence electrons. The zero-order chi connectivity index (χ0) is 18.2.